The van der Waals surface area contributed by atoms with Crippen LogP contribution in [0, 0.1) is 0 Å². The number of ether oxygens (including phenoxy) is 3. The molecule has 1 aromatic heterocycles. The van der Waals surface area contributed by atoms with E-state index in [9.17, 15) is 14.4 Å². The Morgan fingerprint density at radius 2 is 1.78 bits per heavy atom. The molecule has 8 nitrogen and oxygen atoms in total. The fourth-order valence-corrected chi connectivity index (χ4v) is 2.37. The van der Waals surface area contributed by atoms with E-state index in [0.717, 1.165) is 5.56 Å². The average molecular weight is 372 g/mol. The second kappa shape index (κ2) is 9.33. The van der Waals surface area contributed by atoms with Crippen LogP contribution in [0.5, 0.6) is 5.88 Å². The van der Waals surface area contributed by atoms with Gasteiger partial charge in [0.05, 0.1) is 26.9 Å². The van der Waals surface area contributed by atoms with Crippen LogP contribution >= 0.6 is 0 Å². The summed E-state index contributed by atoms with van der Waals surface area (Å²) < 4.78 is 14.4. The van der Waals surface area contributed by atoms with Crippen molar-refractivity contribution in [3.05, 3.63) is 59.3 Å². The number of hydrogen-bond donors (Lipinski definition) is 1. The number of carbonyl (C=O) groups excluding carboxylic acids is 3. The number of methoxy groups -OCH3 is 3. The van der Waals surface area contributed by atoms with Crippen LogP contribution in [0.15, 0.2) is 42.6 Å². The molecule has 0 aliphatic carbocycles. The second-order valence-corrected chi connectivity index (χ2v) is 5.53. The molecule has 27 heavy (non-hydrogen) atoms. The smallest absolute Gasteiger partial charge is 0.337 e. The Labute approximate surface area is 156 Å². The van der Waals surface area contributed by atoms with Crippen molar-refractivity contribution < 1.29 is 28.6 Å². The van der Waals surface area contributed by atoms with Crippen molar-refractivity contribution in [1.29, 1.82) is 0 Å². The lowest BCUT2D eigenvalue weighted by Crippen LogP contribution is -2.43. The molecule has 142 valence electrons. The van der Waals surface area contributed by atoms with Crippen molar-refractivity contribution in [2.75, 3.05) is 21.3 Å². The molecule has 0 saturated carbocycles. The van der Waals surface area contributed by atoms with E-state index < -0.39 is 23.9 Å². The molecule has 1 N–H and O–H groups in total. The number of nitrogens with zero attached hydrogens (tertiary/aromatic N) is 1. The molecule has 0 unspecified atom stereocenters. The lowest BCUT2D eigenvalue weighted by Gasteiger charge is -2.17. The lowest BCUT2D eigenvalue weighted by atomic mass is 10.1. The lowest BCUT2D eigenvalue weighted by molar-refractivity contribution is -0.142. The van der Waals surface area contributed by atoms with Gasteiger partial charge >= 0.3 is 11.9 Å². The largest absolute Gasteiger partial charge is 0.481 e. The minimum Gasteiger partial charge on any atom is -0.481 e. The highest BCUT2D eigenvalue weighted by atomic mass is 16.5. The molecule has 1 heterocycles. The first kappa shape index (κ1) is 19.9. The molecule has 2 aromatic rings. The highest BCUT2D eigenvalue weighted by molar-refractivity contribution is 5.99. The molecule has 1 amide bonds. The van der Waals surface area contributed by atoms with Crippen LogP contribution < -0.4 is 10.1 Å². The van der Waals surface area contributed by atoms with Crippen LogP contribution in [0.1, 0.15) is 26.3 Å². The molecule has 1 atom stereocenters. The molecule has 0 spiro atoms. The number of aromatic nitrogens is 1. The van der Waals surface area contributed by atoms with Crippen LogP contribution in [0.4, 0.5) is 0 Å². The van der Waals surface area contributed by atoms with Gasteiger partial charge in [-0.2, -0.15) is 0 Å². The van der Waals surface area contributed by atoms with Gasteiger partial charge in [-0.25, -0.2) is 14.6 Å². The third-order valence-electron chi connectivity index (χ3n) is 3.78. The normalized spacial score (nSPS) is 11.2. The third kappa shape index (κ3) is 5.27. The first-order valence-electron chi connectivity index (χ1n) is 8.04. The van der Waals surface area contributed by atoms with Crippen molar-refractivity contribution in [3.63, 3.8) is 0 Å². The van der Waals surface area contributed by atoms with Crippen molar-refractivity contribution in [2.45, 2.75) is 12.5 Å². The summed E-state index contributed by atoms with van der Waals surface area (Å²) in [6.07, 6.45) is 1.74. The molecule has 0 bridgehead atoms. The number of rotatable bonds is 7. The van der Waals surface area contributed by atoms with Gasteiger partial charge in [0.25, 0.3) is 5.91 Å². The van der Waals surface area contributed by atoms with Gasteiger partial charge < -0.3 is 19.5 Å². The molecule has 8 heteroatoms. The Morgan fingerprint density at radius 1 is 1.04 bits per heavy atom. The number of amides is 1. The van der Waals surface area contributed by atoms with Crippen LogP contribution in [-0.4, -0.2) is 50.2 Å². The molecular formula is C19H20N2O6. The van der Waals surface area contributed by atoms with Crippen LogP contribution in [0.25, 0.3) is 0 Å². The summed E-state index contributed by atoms with van der Waals surface area (Å²) in [6, 6.07) is 8.50. The summed E-state index contributed by atoms with van der Waals surface area (Å²) in [5.41, 5.74) is 1.17. The van der Waals surface area contributed by atoms with Gasteiger partial charge in [0.2, 0.25) is 5.88 Å². The van der Waals surface area contributed by atoms with Gasteiger partial charge in [-0.1, -0.05) is 12.1 Å². The van der Waals surface area contributed by atoms with E-state index in [-0.39, 0.29) is 17.5 Å². The highest BCUT2D eigenvalue weighted by Gasteiger charge is 2.23. The fourth-order valence-electron chi connectivity index (χ4n) is 2.37. The minimum atomic E-state index is -0.917. The standard InChI is InChI=1S/C19H20N2O6/c1-25-16-8-7-12(11-20-16)9-15(19(24)27-3)21-17(22)13-5-4-6-14(10-13)18(23)26-2/h4-8,10-11,15H,9H2,1-3H3,(H,21,22)/t15-/m0/s1. The van der Waals surface area contributed by atoms with Gasteiger partial charge in [0.1, 0.15) is 6.04 Å². The van der Waals surface area contributed by atoms with Crippen molar-refractivity contribution >= 4 is 17.8 Å². The summed E-state index contributed by atoms with van der Waals surface area (Å²) in [6.45, 7) is 0. The number of pyridine rings is 1. The first-order chi connectivity index (χ1) is 13.0. The number of benzene rings is 1. The summed E-state index contributed by atoms with van der Waals surface area (Å²) in [7, 11) is 4.00. The Kier molecular flexibility index (Phi) is 6.87. The molecule has 2 rings (SSSR count). The molecule has 0 aliphatic heterocycles. The average Bonchev–Trinajstić information content (AvgIpc) is 2.72. The Balaban J connectivity index is 2.16. The van der Waals surface area contributed by atoms with E-state index in [1.54, 1.807) is 24.4 Å². The minimum absolute atomic E-state index is 0.187. The zero-order valence-corrected chi connectivity index (χ0v) is 15.2. The first-order valence-corrected chi connectivity index (χ1v) is 8.04. The van der Waals surface area contributed by atoms with E-state index in [1.807, 2.05) is 0 Å². The summed E-state index contributed by atoms with van der Waals surface area (Å²) in [5, 5.41) is 2.62. The second-order valence-electron chi connectivity index (χ2n) is 5.53. The highest BCUT2D eigenvalue weighted by Crippen LogP contribution is 2.11. The zero-order valence-electron chi connectivity index (χ0n) is 15.2. The van der Waals surface area contributed by atoms with Gasteiger partial charge in [-0.15, -0.1) is 0 Å². The fraction of sp³-hybridized carbons (Fsp3) is 0.263. The Bertz CT molecular complexity index is 819. The maximum atomic E-state index is 12.5. The van der Waals surface area contributed by atoms with Crippen LogP contribution in [0.3, 0.4) is 0 Å². The predicted octanol–water partition coefficient (Wildman–Crippen LogP) is 1.39. The Morgan fingerprint density at radius 3 is 2.37 bits per heavy atom. The van der Waals surface area contributed by atoms with E-state index in [4.69, 9.17) is 9.47 Å². The van der Waals surface area contributed by atoms with Gasteiger partial charge in [-0.3, -0.25) is 4.79 Å². The van der Waals surface area contributed by atoms with E-state index in [0.29, 0.717) is 5.88 Å². The van der Waals surface area contributed by atoms with Crippen molar-refractivity contribution in [3.8, 4) is 5.88 Å². The molecule has 0 aliphatic rings. The summed E-state index contributed by atoms with van der Waals surface area (Å²) in [4.78, 5) is 40.3. The number of esters is 2. The summed E-state index contributed by atoms with van der Waals surface area (Å²) in [5.74, 6) is -1.23. The monoisotopic (exact) mass is 372 g/mol. The summed E-state index contributed by atoms with van der Waals surface area (Å²) >= 11 is 0. The SMILES string of the molecule is COC(=O)c1cccc(C(=O)N[C@@H](Cc2ccc(OC)nc2)C(=O)OC)c1. The molecule has 1 aromatic carbocycles. The van der Waals surface area contributed by atoms with Gasteiger partial charge in [0, 0.05) is 24.2 Å². The number of hydrogen-bond acceptors (Lipinski definition) is 7. The Hall–Kier alpha value is -3.42. The number of nitrogens with one attached hydrogen (secondary N) is 1. The predicted molar refractivity (Wildman–Crippen MR) is 95.5 cm³/mol. The zero-order chi connectivity index (χ0) is 19.8. The quantitative estimate of drug-likeness (QED) is 0.733. The van der Waals surface area contributed by atoms with Gasteiger partial charge in [0.15, 0.2) is 0 Å². The molecular weight excluding hydrogens is 352 g/mol. The number of carbonyl (C=O) groups is 3. The van der Waals surface area contributed by atoms with E-state index in [2.05, 4.69) is 15.0 Å². The van der Waals surface area contributed by atoms with E-state index in [1.165, 1.54) is 39.5 Å². The maximum absolute atomic E-state index is 12.5. The third-order valence-corrected chi connectivity index (χ3v) is 3.78. The maximum Gasteiger partial charge on any atom is 0.337 e. The van der Waals surface area contributed by atoms with Crippen molar-refractivity contribution in [1.82, 2.24) is 10.3 Å². The molecule has 0 fully saturated rings. The van der Waals surface area contributed by atoms with Gasteiger partial charge in [-0.05, 0) is 23.8 Å². The molecule has 0 radical (unpaired) electrons. The van der Waals surface area contributed by atoms with E-state index >= 15 is 0 Å². The van der Waals surface area contributed by atoms with Crippen LogP contribution in [-0.2, 0) is 20.7 Å². The topological polar surface area (TPSA) is 104 Å². The molecule has 0 saturated heterocycles. The van der Waals surface area contributed by atoms with Crippen LogP contribution in [0.2, 0.25) is 0 Å². The van der Waals surface area contributed by atoms with Crippen molar-refractivity contribution in [2.24, 2.45) is 0 Å².